The van der Waals surface area contributed by atoms with Crippen LogP contribution in [0.3, 0.4) is 0 Å². The number of rotatable bonds is 1. The van der Waals surface area contributed by atoms with Crippen LogP contribution in [-0.2, 0) is 4.74 Å². The van der Waals surface area contributed by atoms with Gasteiger partial charge in [-0.2, -0.15) is 5.10 Å². The van der Waals surface area contributed by atoms with Crippen molar-refractivity contribution in [2.45, 2.75) is 52.1 Å². The van der Waals surface area contributed by atoms with E-state index in [0.29, 0.717) is 5.92 Å². The number of nitrogens with zero attached hydrogens (tertiary/aromatic N) is 4. The van der Waals surface area contributed by atoms with Gasteiger partial charge in [0.05, 0.1) is 0 Å². The maximum Gasteiger partial charge on any atom is 0.410 e. The van der Waals surface area contributed by atoms with Crippen LogP contribution in [-0.4, -0.2) is 44.3 Å². The minimum atomic E-state index is -0.442. The van der Waals surface area contributed by atoms with Gasteiger partial charge in [0.2, 0.25) is 0 Å². The summed E-state index contributed by atoms with van der Waals surface area (Å²) in [6, 6.07) is 2.07. The Balaban J connectivity index is 1.68. The van der Waals surface area contributed by atoms with Gasteiger partial charge in [-0.1, -0.05) is 0 Å². The van der Waals surface area contributed by atoms with E-state index in [1.165, 1.54) is 11.1 Å². The van der Waals surface area contributed by atoms with Crippen LogP contribution in [0.5, 0.6) is 0 Å². The zero-order valence-corrected chi connectivity index (χ0v) is 14.2. The fraction of sp³-hybridized carbons (Fsp3) is 0.588. The molecule has 0 unspecified atom stereocenters. The van der Waals surface area contributed by atoms with E-state index >= 15 is 0 Å². The number of ether oxygens (including phenoxy) is 1. The lowest BCUT2D eigenvalue weighted by Gasteiger charge is -2.34. The van der Waals surface area contributed by atoms with E-state index in [4.69, 9.17) is 4.74 Å². The van der Waals surface area contributed by atoms with Crippen molar-refractivity contribution in [3.05, 3.63) is 29.7 Å². The maximum absolute atomic E-state index is 12.1. The number of piperidine rings is 1. The predicted molar refractivity (Wildman–Crippen MR) is 87.5 cm³/mol. The standard InChI is InChI=1S/C17H24N4O2/c1-12-9-15-18-11-19-21(15)10-14(12)13-5-7-20(8-6-13)16(22)23-17(2,3)4/h9-11,13H,5-8H2,1-4H3. The molecule has 0 aromatic carbocycles. The average molecular weight is 316 g/mol. The van der Waals surface area contributed by atoms with Crippen molar-refractivity contribution in [1.29, 1.82) is 0 Å². The molecule has 1 aliphatic heterocycles. The third-order valence-corrected chi connectivity index (χ3v) is 4.25. The van der Waals surface area contributed by atoms with E-state index in [-0.39, 0.29) is 6.09 Å². The molecule has 0 saturated carbocycles. The van der Waals surface area contributed by atoms with Gasteiger partial charge < -0.3 is 9.64 Å². The Labute approximate surface area is 136 Å². The van der Waals surface area contributed by atoms with Crippen molar-refractivity contribution < 1.29 is 9.53 Å². The summed E-state index contributed by atoms with van der Waals surface area (Å²) >= 11 is 0. The molecule has 1 fully saturated rings. The minimum Gasteiger partial charge on any atom is -0.444 e. The summed E-state index contributed by atoms with van der Waals surface area (Å²) in [5.41, 5.74) is 2.97. The van der Waals surface area contributed by atoms with Crippen LogP contribution in [0.1, 0.15) is 50.7 Å². The van der Waals surface area contributed by atoms with Crippen LogP contribution in [0, 0.1) is 6.92 Å². The number of aromatic nitrogens is 3. The molecule has 0 aliphatic carbocycles. The van der Waals surface area contributed by atoms with Gasteiger partial charge in [0.1, 0.15) is 11.9 Å². The molecule has 1 saturated heterocycles. The first-order valence-electron chi connectivity index (χ1n) is 8.11. The van der Waals surface area contributed by atoms with Crippen LogP contribution in [0.2, 0.25) is 0 Å². The zero-order chi connectivity index (χ0) is 16.6. The second-order valence-corrected chi connectivity index (χ2v) is 7.22. The van der Waals surface area contributed by atoms with Gasteiger partial charge in [0, 0.05) is 19.3 Å². The lowest BCUT2D eigenvalue weighted by Crippen LogP contribution is -2.41. The first-order valence-corrected chi connectivity index (χ1v) is 8.11. The Bertz CT molecular complexity index is 709. The number of fused-ring (bicyclic) bond motifs is 1. The number of carbonyl (C=O) groups is 1. The Morgan fingerprint density at radius 1 is 1.30 bits per heavy atom. The number of likely N-dealkylation sites (tertiary alicyclic amines) is 1. The van der Waals surface area contributed by atoms with Crippen LogP contribution >= 0.6 is 0 Å². The fourth-order valence-corrected chi connectivity index (χ4v) is 3.10. The van der Waals surface area contributed by atoms with E-state index < -0.39 is 5.60 Å². The van der Waals surface area contributed by atoms with Crippen molar-refractivity contribution >= 4 is 11.7 Å². The van der Waals surface area contributed by atoms with Gasteiger partial charge in [-0.3, -0.25) is 0 Å². The summed E-state index contributed by atoms with van der Waals surface area (Å²) in [7, 11) is 0. The van der Waals surface area contributed by atoms with Crippen molar-refractivity contribution in [3.8, 4) is 0 Å². The van der Waals surface area contributed by atoms with E-state index in [1.54, 1.807) is 6.33 Å². The number of hydrogen-bond acceptors (Lipinski definition) is 4. The summed E-state index contributed by atoms with van der Waals surface area (Å²) in [6.07, 6.45) is 5.33. The Morgan fingerprint density at radius 3 is 2.65 bits per heavy atom. The van der Waals surface area contributed by atoms with Gasteiger partial charge >= 0.3 is 6.09 Å². The summed E-state index contributed by atoms with van der Waals surface area (Å²) in [4.78, 5) is 18.2. The fourth-order valence-electron chi connectivity index (χ4n) is 3.10. The van der Waals surface area contributed by atoms with Crippen molar-refractivity contribution in [1.82, 2.24) is 19.5 Å². The number of amides is 1. The van der Waals surface area contributed by atoms with E-state index in [2.05, 4.69) is 29.3 Å². The minimum absolute atomic E-state index is 0.209. The third kappa shape index (κ3) is 3.46. The molecule has 0 bridgehead atoms. The molecule has 2 aromatic rings. The van der Waals surface area contributed by atoms with Gasteiger partial charge in [0.15, 0.2) is 5.65 Å². The second-order valence-electron chi connectivity index (χ2n) is 7.22. The van der Waals surface area contributed by atoms with E-state index in [1.807, 2.05) is 30.2 Å². The van der Waals surface area contributed by atoms with Gasteiger partial charge in [0.25, 0.3) is 0 Å². The molecule has 1 amide bonds. The highest BCUT2D eigenvalue weighted by atomic mass is 16.6. The molecule has 3 heterocycles. The molecule has 6 heteroatoms. The van der Waals surface area contributed by atoms with Crippen molar-refractivity contribution in [2.75, 3.05) is 13.1 Å². The zero-order valence-electron chi connectivity index (χ0n) is 14.2. The summed E-state index contributed by atoms with van der Waals surface area (Å²) in [5, 5.41) is 4.22. The number of pyridine rings is 1. The Hall–Kier alpha value is -2.11. The third-order valence-electron chi connectivity index (χ3n) is 4.25. The highest BCUT2D eigenvalue weighted by Gasteiger charge is 2.28. The largest absolute Gasteiger partial charge is 0.444 e. The molecular weight excluding hydrogens is 292 g/mol. The molecule has 0 radical (unpaired) electrons. The molecule has 0 atom stereocenters. The maximum atomic E-state index is 12.1. The topological polar surface area (TPSA) is 59.7 Å². The van der Waals surface area contributed by atoms with Crippen molar-refractivity contribution in [3.63, 3.8) is 0 Å². The highest BCUT2D eigenvalue weighted by molar-refractivity contribution is 5.68. The smallest absolute Gasteiger partial charge is 0.410 e. The monoisotopic (exact) mass is 316 g/mol. The number of carbonyl (C=O) groups excluding carboxylic acids is 1. The number of aryl methyl sites for hydroxylation is 1. The SMILES string of the molecule is Cc1cc2ncnn2cc1C1CCN(C(=O)OC(C)(C)C)CC1. The Kier molecular flexibility index (Phi) is 4.00. The first-order chi connectivity index (χ1) is 10.8. The van der Waals surface area contributed by atoms with Gasteiger partial charge in [-0.15, -0.1) is 0 Å². The van der Waals surface area contributed by atoms with Crippen LogP contribution < -0.4 is 0 Å². The second kappa shape index (κ2) is 5.83. The number of hydrogen-bond donors (Lipinski definition) is 0. The predicted octanol–water partition coefficient (Wildman–Crippen LogP) is 3.15. The molecule has 0 N–H and O–H groups in total. The lowest BCUT2D eigenvalue weighted by atomic mass is 9.88. The molecular formula is C17H24N4O2. The van der Waals surface area contributed by atoms with Crippen molar-refractivity contribution in [2.24, 2.45) is 0 Å². The Morgan fingerprint density at radius 2 is 2.00 bits per heavy atom. The molecule has 6 nitrogen and oxygen atoms in total. The van der Waals surface area contributed by atoms with E-state index in [9.17, 15) is 4.79 Å². The first kappa shape index (κ1) is 15.8. The van der Waals surface area contributed by atoms with Gasteiger partial charge in [-0.05, 0) is 63.6 Å². The van der Waals surface area contributed by atoms with Crippen LogP contribution in [0.25, 0.3) is 5.65 Å². The summed E-state index contributed by atoms with van der Waals surface area (Å²) in [5.74, 6) is 0.447. The normalized spacial score (nSPS) is 16.8. The van der Waals surface area contributed by atoms with Gasteiger partial charge in [-0.25, -0.2) is 14.3 Å². The molecule has 1 aliphatic rings. The van der Waals surface area contributed by atoms with E-state index in [0.717, 1.165) is 31.6 Å². The molecule has 0 spiro atoms. The highest BCUT2D eigenvalue weighted by Crippen LogP contribution is 2.31. The lowest BCUT2D eigenvalue weighted by molar-refractivity contribution is 0.0204. The van der Waals surface area contributed by atoms with Crippen LogP contribution in [0.15, 0.2) is 18.6 Å². The molecule has 124 valence electrons. The van der Waals surface area contributed by atoms with Crippen LogP contribution in [0.4, 0.5) is 4.79 Å². The quantitative estimate of drug-likeness (QED) is 0.811. The summed E-state index contributed by atoms with van der Waals surface area (Å²) in [6.45, 7) is 9.27. The molecule has 2 aromatic heterocycles. The average Bonchev–Trinajstić information content (AvgIpc) is 2.92. The summed E-state index contributed by atoms with van der Waals surface area (Å²) < 4.78 is 7.28. The molecule has 3 rings (SSSR count). The molecule has 23 heavy (non-hydrogen) atoms.